The second-order valence-corrected chi connectivity index (χ2v) is 7.28. The van der Waals surface area contributed by atoms with Gasteiger partial charge in [-0.05, 0) is 30.1 Å². The number of rotatable bonds is 5. The first-order valence-electron chi connectivity index (χ1n) is 7.85. The van der Waals surface area contributed by atoms with E-state index < -0.39 is 0 Å². The fourth-order valence-electron chi connectivity index (χ4n) is 2.68. The SMILES string of the molecule is CCC1CCC(CNC(=O)CC(N)C(C)(C)C)CC1. The predicted octanol–water partition coefficient (Wildman–Crippen LogP) is 3.08. The topological polar surface area (TPSA) is 55.1 Å². The van der Waals surface area contributed by atoms with Crippen molar-refractivity contribution in [3.63, 3.8) is 0 Å². The Morgan fingerprint density at radius 2 is 1.74 bits per heavy atom. The molecule has 0 aromatic heterocycles. The summed E-state index contributed by atoms with van der Waals surface area (Å²) in [5.41, 5.74) is 6.03. The average Bonchev–Trinajstić information content (AvgIpc) is 2.35. The van der Waals surface area contributed by atoms with Crippen molar-refractivity contribution in [1.29, 1.82) is 0 Å². The molecule has 0 radical (unpaired) electrons. The molecule has 0 aliphatic heterocycles. The molecule has 112 valence electrons. The summed E-state index contributed by atoms with van der Waals surface area (Å²) in [6, 6.07) is -0.0664. The van der Waals surface area contributed by atoms with Crippen molar-refractivity contribution in [3.05, 3.63) is 0 Å². The quantitative estimate of drug-likeness (QED) is 0.805. The molecule has 0 saturated heterocycles. The third kappa shape index (κ3) is 5.94. The van der Waals surface area contributed by atoms with Crippen molar-refractivity contribution in [2.45, 2.75) is 72.3 Å². The van der Waals surface area contributed by atoms with Crippen LogP contribution in [0, 0.1) is 17.3 Å². The minimum Gasteiger partial charge on any atom is -0.356 e. The Balaban J connectivity index is 2.21. The Labute approximate surface area is 118 Å². The largest absolute Gasteiger partial charge is 0.356 e. The highest BCUT2D eigenvalue weighted by Gasteiger charge is 2.24. The monoisotopic (exact) mass is 268 g/mol. The van der Waals surface area contributed by atoms with Crippen molar-refractivity contribution in [1.82, 2.24) is 5.32 Å². The summed E-state index contributed by atoms with van der Waals surface area (Å²) in [5.74, 6) is 1.71. The first-order valence-corrected chi connectivity index (χ1v) is 7.85. The maximum atomic E-state index is 11.9. The number of hydrogen-bond donors (Lipinski definition) is 2. The van der Waals surface area contributed by atoms with Crippen molar-refractivity contribution in [2.24, 2.45) is 23.0 Å². The Morgan fingerprint density at radius 3 is 2.21 bits per heavy atom. The van der Waals surface area contributed by atoms with Crippen LogP contribution in [-0.4, -0.2) is 18.5 Å². The number of carbonyl (C=O) groups is 1. The molecule has 1 saturated carbocycles. The van der Waals surface area contributed by atoms with Gasteiger partial charge in [-0.25, -0.2) is 0 Å². The molecule has 0 heterocycles. The van der Waals surface area contributed by atoms with Gasteiger partial charge in [-0.15, -0.1) is 0 Å². The Bertz CT molecular complexity index is 275. The summed E-state index contributed by atoms with van der Waals surface area (Å²) in [5, 5.41) is 3.07. The van der Waals surface area contributed by atoms with Crippen molar-refractivity contribution in [3.8, 4) is 0 Å². The van der Waals surface area contributed by atoms with Crippen molar-refractivity contribution in [2.75, 3.05) is 6.54 Å². The molecule has 3 N–H and O–H groups in total. The first-order chi connectivity index (χ1) is 8.82. The van der Waals surface area contributed by atoms with Gasteiger partial charge in [0, 0.05) is 19.0 Å². The first kappa shape index (κ1) is 16.5. The van der Waals surface area contributed by atoms with E-state index >= 15 is 0 Å². The van der Waals surface area contributed by atoms with Gasteiger partial charge in [0.15, 0.2) is 0 Å². The van der Waals surface area contributed by atoms with Crippen LogP contribution in [0.1, 0.15) is 66.2 Å². The lowest BCUT2D eigenvalue weighted by molar-refractivity contribution is -0.122. The lowest BCUT2D eigenvalue weighted by atomic mass is 9.81. The summed E-state index contributed by atoms with van der Waals surface area (Å²) in [7, 11) is 0. The summed E-state index contributed by atoms with van der Waals surface area (Å²) < 4.78 is 0. The van der Waals surface area contributed by atoms with E-state index in [0.717, 1.165) is 12.5 Å². The molecular weight excluding hydrogens is 236 g/mol. The lowest BCUT2D eigenvalue weighted by Crippen LogP contribution is -2.41. The second kappa shape index (κ2) is 7.28. The van der Waals surface area contributed by atoms with E-state index in [2.05, 4.69) is 33.0 Å². The van der Waals surface area contributed by atoms with Gasteiger partial charge in [0.2, 0.25) is 5.91 Å². The van der Waals surface area contributed by atoms with Gasteiger partial charge >= 0.3 is 0 Å². The number of nitrogens with one attached hydrogen (secondary N) is 1. The Hall–Kier alpha value is -0.570. The number of amides is 1. The Morgan fingerprint density at radius 1 is 1.21 bits per heavy atom. The van der Waals surface area contributed by atoms with E-state index in [1.165, 1.54) is 32.1 Å². The zero-order valence-electron chi connectivity index (χ0n) is 13.2. The molecular formula is C16H32N2O. The molecule has 19 heavy (non-hydrogen) atoms. The minimum absolute atomic E-state index is 0.00345. The van der Waals surface area contributed by atoms with Gasteiger partial charge in [-0.3, -0.25) is 4.79 Å². The minimum atomic E-state index is -0.0664. The van der Waals surface area contributed by atoms with Gasteiger partial charge in [-0.2, -0.15) is 0 Å². The number of nitrogens with two attached hydrogens (primary N) is 1. The second-order valence-electron chi connectivity index (χ2n) is 7.28. The average molecular weight is 268 g/mol. The summed E-state index contributed by atoms with van der Waals surface area (Å²) in [6.07, 6.45) is 6.94. The van der Waals surface area contributed by atoms with Crippen LogP contribution in [0.15, 0.2) is 0 Å². The van der Waals surface area contributed by atoms with Gasteiger partial charge < -0.3 is 11.1 Å². The maximum Gasteiger partial charge on any atom is 0.221 e. The van der Waals surface area contributed by atoms with E-state index in [4.69, 9.17) is 5.73 Å². The van der Waals surface area contributed by atoms with Crippen LogP contribution < -0.4 is 11.1 Å². The van der Waals surface area contributed by atoms with Crippen molar-refractivity contribution < 1.29 is 4.79 Å². The van der Waals surface area contributed by atoms with Crippen LogP contribution in [0.2, 0.25) is 0 Å². The summed E-state index contributed by atoms with van der Waals surface area (Å²) in [4.78, 5) is 11.9. The standard InChI is InChI=1S/C16H32N2O/c1-5-12-6-8-13(9-7-12)11-18-15(19)10-14(17)16(2,3)4/h12-14H,5-11,17H2,1-4H3,(H,18,19). The van der Waals surface area contributed by atoms with Crippen LogP contribution in [0.5, 0.6) is 0 Å². The number of carbonyl (C=O) groups excluding carboxylic acids is 1. The maximum absolute atomic E-state index is 11.9. The molecule has 0 bridgehead atoms. The highest BCUT2D eigenvalue weighted by Crippen LogP contribution is 2.30. The predicted molar refractivity (Wildman–Crippen MR) is 80.8 cm³/mol. The van der Waals surface area contributed by atoms with Crippen LogP contribution >= 0.6 is 0 Å². The normalized spacial score (nSPS) is 25.9. The molecule has 0 spiro atoms. The molecule has 1 atom stereocenters. The zero-order chi connectivity index (χ0) is 14.5. The van der Waals surface area contributed by atoms with Gasteiger partial charge in [-0.1, -0.05) is 47.0 Å². The molecule has 3 heteroatoms. The summed E-state index contributed by atoms with van der Waals surface area (Å²) >= 11 is 0. The van der Waals surface area contributed by atoms with E-state index in [9.17, 15) is 4.79 Å². The molecule has 1 unspecified atom stereocenters. The molecule has 1 aliphatic carbocycles. The van der Waals surface area contributed by atoms with Crippen LogP contribution in [0.25, 0.3) is 0 Å². The van der Waals surface area contributed by atoms with E-state index in [1.54, 1.807) is 0 Å². The smallest absolute Gasteiger partial charge is 0.221 e. The van der Waals surface area contributed by atoms with E-state index in [1.807, 2.05) is 0 Å². The Kier molecular flexibility index (Phi) is 6.31. The highest BCUT2D eigenvalue weighted by molar-refractivity contribution is 5.76. The van der Waals surface area contributed by atoms with Gasteiger partial charge in [0.1, 0.15) is 0 Å². The fraction of sp³-hybridized carbons (Fsp3) is 0.938. The van der Waals surface area contributed by atoms with Crippen LogP contribution in [-0.2, 0) is 4.79 Å². The number of hydrogen-bond acceptors (Lipinski definition) is 2. The van der Waals surface area contributed by atoms with E-state index in [0.29, 0.717) is 12.3 Å². The molecule has 0 aromatic carbocycles. The third-order valence-electron chi connectivity index (χ3n) is 4.65. The van der Waals surface area contributed by atoms with E-state index in [-0.39, 0.29) is 17.4 Å². The van der Waals surface area contributed by atoms with Crippen molar-refractivity contribution >= 4 is 5.91 Å². The molecule has 1 rings (SSSR count). The highest BCUT2D eigenvalue weighted by atomic mass is 16.1. The van der Waals surface area contributed by atoms with Gasteiger partial charge in [0.05, 0.1) is 0 Å². The zero-order valence-corrected chi connectivity index (χ0v) is 13.2. The van der Waals surface area contributed by atoms with Crippen LogP contribution in [0.3, 0.4) is 0 Å². The van der Waals surface area contributed by atoms with Gasteiger partial charge in [0.25, 0.3) is 0 Å². The summed E-state index contributed by atoms with van der Waals surface area (Å²) in [6.45, 7) is 9.36. The fourth-order valence-corrected chi connectivity index (χ4v) is 2.68. The van der Waals surface area contributed by atoms with Crippen LogP contribution in [0.4, 0.5) is 0 Å². The molecule has 1 aliphatic rings. The molecule has 1 amide bonds. The third-order valence-corrected chi connectivity index (χ3v) is 4.65. The molecule has 0 aromatic rings. The molecule has 3 nitrogen and oxygen atoms in total. The molecule has 1 fully saturated rings. The lowest BCUT2D eigenvalue weighted by Gasteiger charge is -2.29.